The van der Waals surface area contributed by atoms with Gasteiger partial charge < -0.3 is 5.11 Å². The summed E-state index contributed by atoms with van der Waals surface area (Å²) in [6.45, 7) is 0. The quantitative estimate of drug-likeness (QED) is 0.663. The fraction of sp³-hybridized carbons (Fsp3) is 0.556. The number of hydrogen-bond donors (Lipinski definition) is 3. The van der Waals surface area contributed by atoms with Crippen LogP contribution in [0.1, 0.15) is 36.0 Å². The normalized spacial score (nSPS) is 17.1. The van der Waals surface area contributed by atoms with Gasteiger partial charge in [0.15, 0.2) is 5.03 Å². The zero-order valence-corrected chi connectivity index (χ0v) is 10.2. The van der Waals surface area contributed by atoms with Gasteiger partial charge in [-0.15, -0.1) is 0 Å². The van der Waals surface area contributed by atoms with Gasteiger partial charge in [-0.2, -0.15) is 5.10 Å². The van der Waals surface area contributed by atoms with E-state index in [9.17, 15) is 13.2 Å². The van der Waals surface area contributed by atoms with Crippen molar-refractivity contribution in [2.24, 2.45) is 0 Å². The molecule has 0 aromatic carbocycles. The average Bonchev–Trinajstić information content (AvgIpc) is 2.98. The van der Waals surface area contributed by atoms with Gasteiger partial charge in [-0.1, -0.05) is 17.7 Å². The van der Waals surface area contributed by atoms with Crippen LogP contribution in [-0.4, -0.2) is 35.8 Å². The number of aromatic carboxylic acids is 1. The van der Waals surface area contributed by atoms with Crippen molar-refractivity contribution in [2.75, 3.05) is 0 Å². The van der Waals surface area contributed by atoms with Crippen LogP contribution in [0, 0.1) is 0 Å². The number of aromatic amines is 1. The molecule has 1 aromatic rings. The van der Waals surface area contributed by atoms with Crippen molar-refractivity contribution in [1.82, 2.24) is 15.1 Å². The van der Waals surface area contributed by atoms with Gasteiger partial charge in [-0.25, -0.2) is 13.2 Å². The summed E-state index contributed by atoms with van der Waals surface area (Å²) in [4.78, 5) is 17.8. The van der Waals surface area contributed by atoms with Crippen LogP contribution in [0.5, 0.6) is 0 Å². The molecule has 18 heavy (non-hydrogen) atoms. The van der Waals surface area contributed by atoms with E-state index in [1.54, 1.807) is 0 Å². The van der Waals surface area contributed by atoms with Crippen LogP contribution in [-0.2, 0) is 14.9 Å². The molecule has 8 nitrogen and oxygen atoms in total. The van der Waals surface area contributed by atoms with Crippen molar-refractivity contribution in [3.63, 3.8) is 0 Å². The molecule has 0 spiro atoms. The Balaban J connectivity index is 2.09. The van der Waals surface area contributed by atoms with Crippen molar-refractivity contribution in [3.05, 3.63) is 11.8 Å². The largest absolute Gasteiger partial charge is 0.478 e. The highest BCUT2D eigenvalue weighted by molar-refractivity contribution is 7.89. The van der Waals surface area contributed by atoms with Crippen molar-refractivity contribution in [1.29, 1.82) is 0 Å². The summed E-state index contributed by atoms with van der Waals surface area (Å²) in [5.74, 6) is -1.37. The number of nitrogens with one attached hydrogen (secondary N) is 2. The summed E-state index contributed by atoms with van der Waals surface area (Å²) in [5.41, 5.74) is -0.419. The molecule has 1 aliphatic rings. The van der Waals surface area contributed by atoms with Gasteiger partial charge in [0.2, 0.25) is 0 Å². The first-order valence-electron chi connectivity index (χ1n) is 5.45. The lowest BCUT2D eigenvalue weighted by Crippen LogP contribution is -2.29. The first-order valence-corrected chi connectivity index (χ1v) is 6.93. The number of hydrogen-bond acceptors (Lipinski definition) is 5. The molecule has 1 saturated carbocycles. The smallest absolute Gasteiger partial charge is 0.340 e. The Morgan fingerprint density at radius 1 is 1.50 bits per heavy atom. The number of H-pyrrole nitrogens is 1. The topological polar surface area (TPSA) is 121 Å². The Kier molecular flexibility index (Phi) is 3.64. The van der Waals surface area contributed by atoms with E-state index in [4.69, 9.17) is 9.94 Å². The summed E-state index contributed by atoms with van der Waals surface area (Å²) in [6, 6.07) is 0. The highest BCUT2D eigenvalue weighted by atomic mass is 32.2. The number of carboxylic acids is 1. The Morgan fingerprint density at radius 3 is 2.78 bits per heavy atom. The lowest BCUT2D eigenvalue weighted by Gasteiger charge is -2.11. The second kappa shape index (κ2) is 5.04. The molecule has 0 aliphatic heterocycles. The Labute approximate surface area is 103 Å². The Bertz CT molecular complexity index is 532. The molecule has 100 valence electrons. The molecule has 0 radical (unpaired) electrons. The van der Waals surface area contributed by atoms with E-state index in [-0.39, 0.29) is 6.10 Å². The van der Waals surface area contributed by atoms with Crippen LogP contribution in [0.4, 0.5) is 0 Å². The summed E-state index contributed by atoms with van der Waals surface area (Å²) < 4.78 is 23.6. The van der Waals surface area contributed by atoms with E-state index in [2.05, 4.69) is 10.2 Å². The highest BCUT2D eigenvalue weighted by Crippen LogP contribution is 2.21. The van der Waals surface area contributed by atoms with Gasteiger partial charge in [0.05, 0.1) is 12.3 Å². The molecule has 0 amide bonds. The van der Waals surface area contributed by atoms with E-state index in [0.29, 0.717) is 0 Å². The van der Waals surface area contributed by atoms with E-state index in [1.165, 1.54) is 0 Å². The minimum atomic E-state index is -4.05. The predicted octanol–water partition coefficient (Wildman–Crippen LogP) is 0.260. The third-order valence-corrected chi connectivity index (χ3v) is 3.89. The third kappa shape index (κ3) is 2.68. The minimum Gasteiger partial charge on any atom is -0.478 e. The van der Waals surface area contributed by atoms with Gasteiger partial charge in [-0.3, -0.25) is 9.94 Å². The molecular weight excluding hydrogens is 262 g/mol. The first kappa shape index (κ1) is 13.0. The second-order valence-corrected chi connectivity index (χ2v) is 5.61. The van der Waals surface area contributed by atoms with Crippen LogP contribution in [0.15, 0.2) is 11.2 Å². The lowest BCUT2D eigenvalue weighted by molar-refractivity contribution is 0.0221. The molecule has 9 heteroatoms. The summed E-state index contributed by atoms with van der Waals surface area (Å²) >= 11 is 0. The van der Waals surface area contributed by atoms with Crippen LogP contribution in [0.3, 0.4) is 0 Å². The molecule has 0 unspecified atom stereocenters. The molecule has 1 aromatic heterocycles. The summed E-state index contributed by atoms with van der Waals surface area (Å²) in [6.07, 6.45) is 4.35. The molecule has 1 aliphatic carbocycles. The van der Waals surface area contributed by atoms with Gasteiger partial charge in [0, 0.05) is 0 Å². The van der Waals surface area contributed by atoms with Crippen LogP contribution in [0.25, 0.3) is 0 Å². The Morgan fingerprint density at radius 2 is 2.17 bits per heavy atom. The molecule has 1 fully saturated rings. The summed E-state index contributed by atoms with van der Waals surface area (Å²) in [7, 11) is -4.05. The lowest BCUT2D eigenvalue weighted by atomic mass is 10.3. The molecule has 0 saturated heterocycles. The summed E-state index contributed by atoms with van der Waals surface area (Å²) in [5, 5.41) is 13.8. The molecule has 0 atom stereocenters. The number of aromatic nitrogens is 2. The van der Waals surface area contributed by atoms with Crippen molar-refractivity contribution >= 4 is 16.0 Å². The van der Waals surface area contributed by atoms with Gasteiger partial charge >= 0.3 is 5.97 Å². The van der Waals surface area contributed by atoms with Crippen molar-refractivity contribution in [2.45, 2.75) is 36.8 Å². The maximum atomic E-state index is 11.8. The van der Waals surface area contributed by atoms with E-state index < -0.39 is 26.6 Å². The zero-order chi connectivity index (χ0) is 13.2. The molecule has 3 N–H and O–H groups in total. The Hall–Kier alpha value is -1.45. The van der Waals surface area contributed by atoms with E-state index in [1.807, 2.05) is 4.89 Å². The van der Waals surface area contributed by atoms with Crippen LogP contribution >= 0.6 is 0 Å². The van der Waals surface area contributed by atoms with Crippen molar-refractivity contribution < 1.29 is 23.2 Å². The highest BCUT2D eigenvalue weighted by Gasteiger charge is 2.26. The first-order chi connectivity index (χ1) is 8.50. The number of carbonyl (C=O) groups is 1. The number of carboxylic acid groups (broad SMARTS) is 1. The van der Waals surface area contributed by atoms with E-state index >= 15 is 0 Å². The van der Waals surface area contributed by atoms with Crippen LogP contribution in [0.2, 0.25) is 0 Å². The molecule has 2 rings (SSSR count). The third-order valence-electron chi connectivity index (χ3n) is 2.73. The average molecular weight is 275 g/mol. The SMILES string of the molecule is O=C(O)c1cn[nH]c1S(=O)(=O)NOC1CCCC1. The fourth-order valence-electron chi connectivity index (χ4n) is 1.81. The number of rotatable bonds is 5. The number of nitrogens with zero attached hydrogens (tertiary/aromatic N) is 1. The fourth-order valence-corrected chi connectivity index (χ4v) is 2.76. The van der Waals surface area contributed by atoms with Gasteiger partial charge in [-0.05, 0) is 12.8 Å². The van der Waals surface area contributed by atoms with Gasteiger partial charge in [0.1, 0.15) is 5.56 Å². The second-order valence-electron chi connectivity index (χ2n) is 4.03. The standard InChI is InChI=1S/C9H13N3O5S/c13-9(14)7-5-10-11-8(7)18(15,16)12-17-6-3-1-2-4-6/h5-6,12H,1-4H2,(H,10,11)(H,13,14). The van der Waals surface area contributed by atoms with Crippen LogP contribution < -0.4 is 4.89 Å². The van der Waals surface area contributed by atoms with E-state index in [0.717, 1.165) is 31.9 Å². The molecule has 1 heterocycles. The monoisotopic (exact) mass is 275 g/mol. The molecular formula is C9H13N3O5S. The number of sulfonamides is 1. The minimum absolute atomic E-state index is 0.157. The predicted molar refractivity (Wildman–Crippen MR) is 59.2 cm³/mol. The van der Waals surface area contributed by atoms with Crippen molar-refractivity contribution in [3.8, 4) is 0 Å². The van der Waals surface area contributed by atoms with Gasteiger partial charge in [0.25, 0.3) is 10.0 Å². The zero-order valence-electron chi connectivity index (χ0n) is 9.42. The molecule has 0 bridgehead atoms. The maximum absolute atomic E-state index is 11.8. The maximum Gasteiger partial charge on any atom is 0.340 e.